The lowest BCUT2D eigenvalue weighted by Gasteiger charge is -2.13. The molecule has 6 heteroatoms. The summed E-state index contributed by atoms with van der Waals surface area (Å²) in [5.41, 5.74) is 7.35. The van der Waals surface area contributed by atoms with E-state index >= 15 is 0 Å². The van der Waals surface area contributed by atoms with Crippen LogP contribution in [0.25, 0.3) is 0 Å². The third kappa shape index (κ3) is 4.46. The summed E-state index contributed by atoms with van der Waals surface area (Å²) in [4.78, 5) is 12.1. The van der Waals surface area contributed by atoms with Crippen LogP contribution in [0.3, 0.4) is 0 Å². The number of nitrogens with two attached hydrogens (primary N) is 1. The van der Waals surface area contributed by atoms with E-state index in [0.29, 0.717) is 17.1 Å². The summed E-state index contributed by atoms with van der Waals surface area (Å²) in [5, 5.41) is 12.5. The number of carbonyl (C=O) groups is 1. The quantitative estimate of drug-likeness (QED) is 0.774. The molecular formula is C15H14BrClN2O2. The third-order valence-corrected chi connectivity index (χ3v) is 3.84. The molecule has 0 aromatic heterocycles. The second-order valence-electron chi connectivity index (χ2n) is 4.59. The maximum Gasteiger partial charge on any atom is 0.241 e. The first kappa shape index (κ1) is 15.8. The molecule has 1 atom stereocenters. The predicted molar refractivity (Wildman–Crippen MR) is 87.6 cm³/mol. The number of nitrogens with one attached hydrogen (secondary N) is 1. The predicted octanol–water partition coefficient (Wildman–Crippen LogP) is 3.32. The van der Waals surface area contributed by atoms with Crippen molar-refractivity contribution in [3.05, 3.63) is 57.5 Å². The van der Waals surface area contributed by atoms with E-state index in [-0.39, 0.29) is 11.7 Å². The molecular weight excluding hydrogens is 356 g/mol. The summed E-state index contributed by atoms with van der Waals surface area (Å²) in [5.74, 6) is -0.120. The Morgan fingerprint density at radius 1 is 1.29 bits per heavy atom. The number of rotatable bonds is 4. The number of benzene rings is 2. The lowest BCUT2D eigenvalue weighted by molar-refractivity contribution is -0.117. The highest BCUT2D eigenvalue weighted by Crippen LogP contribution is 2.26. The lowest BCUT2D eigenvalue weighted by Crippen LogP contribution is -2.37. The van der Waals surface area contributed by atoms with E-state index in [2.05, 4.69) is 21.2 Å². The van der Waals surface area contributed by atoms with Gasteiger partial charge in [-0.25, -0.2) is 0 Å². The number of hydrogen-bond donors (Lipinski definition) is 3. The van der Waals surface area contributed by atoms with Gasteiger partial charge in [-0.1, -0.05) is 23.7 Å². The van der Waals surface area contributed by atoms with Gasteiger partial charge in [0, 0.05) is 9.50 Å². The van der Waals surface area contributed by atoms with Gasteiger partial charge in [-0.2, -0.15) is 0 Å². The van der Waals surface area contributed by atoms with Crippen molar-refractivity contribution in [1.29, 1.82) is 0 Å². The van der Waals surface area contributed by atoms with Gasteiger partial charge < -0.3 is 16.2 Å². The van der Waals surface area contributed by atoms with Gasteiger partial charge in [0.15, 0.2) is 0 Å². The fourth-order valence-corrected chi connectivity index (χ4v) is 2.32. The van der Waals surface area contributed by atoms with E-state index in [0.717, 1.165) is 10.0 Å². The molecule has 110 valence electrons. The zero-order valence-corrected chi connectivity index (χ0v) is 13.4. The van der Waals surface area contributed by atoms with Crippen LogP contribution in [0, 0.1) is 0 Å². The summed E-state index contributed by atoms with van der Waals surface area (Å²) in [6, 6.07) is 11.0. The molecule has 4 N–H and O–H groups in total. The van der Waals surface area contributed by atoms with Crippen LogP contribution < -0.4 is 11.1 Å². The molecule has 0 bridgehead atoms. The number of hydrogen-bond acceptors (Lipinski definition) is 3. The first-order chi connectivity index (χ1) is 9.95. The number of carbonyl (C=O) groups excluding carboxylic acids is 1. The van der Waals surface area contributed by atoms with Gasteiger partial charge in [0.1, 0.15) is 5.75 Å². The van der Waals surface area contributed by atoms with Crippen molar-refractivity contribution in [3.63, 3.8) is 0 Å². The Balaban J connectivity index is 2.02. The number of aromatic hydroxyl groups is 1. The number of phenolic OH excluding ortho intramolecular Hbond substituents is 1. The number of halogens is 2. The van der Waals surface area contributed by atoms with Gasteiger partial charge in [0.25, 0.3) is 0 Å². The fourth-order valence-electron chi connectivity index (χ4n) is 1.80. The van der Waals surface area contributed by atoms with E-state index in [4.69, 9.17) is 17.3 Å². The van der Waals surface area contributed by atoms with Crippen LogP contribution in [0.4, 0.5) is 5.69 Å². The molecule has 0 spiro atoms. The Labute approximate surface area is 136 Å². The average Bonchev–Trinajstić information content (AvgIpc) is 2.45. The summed E-state index contributed by atoms with van der Waals surface area (Å²) < 4.78 is 0.733. The second kappa shape index (κ2) is 6.93. The van der Waals surface area contributed by atoms with E-state index in [9.17, 15) is 9.90 Å². The van der Waals surface area contributed by atoms with Crippen LogP contribution in [0.5, 0.6) is 5.75 Å². The molecule has 1 amide bonds. The average molecular weight is 370 g/mol. The molecule has 1 unspecified atom stereocenters. The molecule has 0 aliphatic heterocycles. The van der Waals surface area contributed by atoms with Crippen LogP contribution in [-0.2, 0) is 11.2 Å². The van der Waals surface area contributed by atoms with Gasteiger partial charge in [0.05, 0.1) is 11.7 Å². The minimum absolute atomic E-state index is 0.180. The largest absolute Gasteiger partial charge is 0.508 e. The zero-order valence-electron chi connectivity index (χ0n) is 11.0. The first-order valence-electron chi connectivity index (χ1n) is 6.25. The van der Waals surface area contributed by atoms with E-state index in [1.165, 1.54) is 0 Å². The van der Waals surface area contributed by atoms with Gasteiger partial charge in [0.2, 0.25) is 5.91 Å². The normalized spacial score (nSPS) is 12.0. The van der Waals surface area contributed by atoms with Crippen LogP contribution in [0.15, 0.2) is 46.9 Å². The van der Waals surface area contributed by atoms with Crippen molar-refractivity contribution in [3.8, 4) is 5.75 Å². The Bertz CT molecular complexity index is 647. The van der Waals surface area contributed by atoms with Gasteiger partial charge >= 0.3 is 0 Å². The lowest BCUT2D eigenvalue weighted by atomic mass is 10.1. The number of anilines is 1. The van der Waals surface area contributed by atoms with Crippen molar-refractivity contribution in [2.75, 3.05) is 5.32 Å². The zero-order chi connectivity index (χ0) is 15.4. The molecule has 0 radical (unpaired) electrons. The Morgan fingerprint density at radius 3 is 2.62 bits per heavy atom. The fraction of sp³-hybridized carbons (Fsp3) is 0.133. The topological polar surface area (TPSA) is 75.3 Å². The maximum absolute atomic E-state index is 12.1. The molecule has 0 aliphatic rings. The van der Waals surface area contributed by atoms with Crippen molar-refractivity contribution >= 4 is 39.1 Å². The molecule has 0 saturated heterocycles. The van der Waals surface area contributed by atoms with Crippen molar-refractivity contribution in [2.45, 2.75) is 12.5 Å². The number of phenols is 1. The van der Waals surface area contributed by atoms with Crippen LogP contribution in [-0.4, -0.2) is 17.1 Å². The Morgan fingerprint density at radius 2 is 1.95 bits per heavy atom. The number of amides is 1. The molecule has 4 nitrogen and oxygen atoms in total. The SMILES string of the molecule is NC(Cc1ccc(O)cc1)C(=O)Nc1cc(Cl)ccc1Br. The van der Waals surface area contributed by atoms with Gasteiger partial charge in [-0.15, -0.1) is 0 Å². The van der Waals surface area contributed by atoms with E-state index < -0.39 is 6.04 Å². The Hall–Kier alpha value is -1.56. The monoisotopic (exact) mass is 368 g/mol. The van der Waals surface area contributed by atoms with Gasteiger partial charge in [-0.3, -0.25) is 4.79 Å². The summed E-state index contributed by atoms with van der Waals surface area (Å²) >= 11 is 9.24. The molecule has 0 fully saturated rings. The molecule has 21 heavy (non-hydrogen) atoms. The first-order valence-corrected chi connectivity index (χ1v) is 7.42. The summed E-state index contributed by atoms with van der Waals surface area (Å²) in [6.07, 6.45) is 0.379. The molecule has 0 saturated carbocycles. The minimum atomic E-state index is -0.694. The van der Waals surface area contributed by atoms with Crippen LogP contribution >= 0.6 is 27.5 Å². The third-order valence-electron chi connectivity index (χ3n) is 2.92. The molecule has 2 aromatic rings. The van der Waals surface area contributed by atoms with Crippen LogP contribution in [0.1, 0.15) is 5.56 Å². The second-order valence-corrected chi connectivity index (χ2v) is 5.88. The minimum Gasteiger partial charge on any atom is -0.508 e. The van der Waals surface area contributed by atoms with Crippen molar-refractivity contribution < 1.29 is 9.90 Å². The molecule has 2 rings (SSSR count). The van der Waals surface area contributed by atoms with Crippen molar-refractivity contribution in [2.24, 2.45) is 5.73 Å². The Kier molecular flexibility index (Phi) is 5.22. The highest BCUT2D eigenvalue weighted by molar-refractivity contribution is 9.10. The highest BCUT2D eigenvalue weighted by Gasteiger charge is 2.15. The maximum atomic E-state index is 12.1. The smallest absolute Gasteiger partial charge is 0.241 e. The summed E-state index contributed by atoms with van der Waals surface area (Å²) in [7, 11) is 0. The molecule has 2 aromatic carbocycles. The van der Waals surface area contributed by atoms with E-state index in [1.54, 1.807) is 42.5 Å². The molecule has 0 aliphatic carbocycles. The summed E-state index contributed by atoms with van der Waals surface area (Å²) in [6.45, 7) is 0. The highest BCUT2D eigenvalue weighted by atomic mass is 79.9. The van der Waals surface area contributed by atoms with E-state index in [1.807, 2.05) is 0 Å². The van der Waals surface area contributed by atoms with Gasteiger partial charge in [-0.05, 0) is 58.2 Å². The van der Waals surface area contributed by atoms with Crippen LogP contribution in [0.2, 0.25) is 5.02 Å². The van der Waals surface area contributed by atoms with Crippen molar-refractivity contribution in [1.82, 2.24) is 0 Å². The standard InChI is InChI=1S/C15H14BrClN2O2/c16-12-6-3-10(17)8-14(12)19-15(21)13(18)7-9-1-4-11(20)5-2-9/h1-6,8,13,20H,7,18H2,(H,19,21). The molecule has 0 heterocycles.